The first-order valence-corrected chi connectivity index (χ1v) is 11.6. The summed E-state index contributed by atoms with van der Waals surface area (Å²) in [6.45, 7) is 6.13. The molecule has 2 aromatic rings. The molecule has 0 aromatic heterocycles. The first-order valence-electron chi connectivity index (χ1n) is 11.6. The van der Waals surface area contributed by atoms with Crippen molar-refractivity contribution in [2.24, 2.45) is 5.92 Å². The second-order valence-electron chi connectivity index (χ2n) is 9.15. The molecule has 148 valence electrons. The minimum atomic E-state index is 0.698. The van der Waals surface area contributed by atoms with E-state index in [1.54, 1.807) is 22.3 Å². The molecule has 0 nitrogen and oxygen atoms in total. The van der Waals surface area contributed by atoms with Gasteiger partial charge in [0.25, 0.3) is 0 Å². The van der Waals surface area contributed by atoms with Crippen molar-refractivity contribution in [2.45, 2.75) is 83.0 Å². The highest BCUT2D eigenvalue weighted by Crippen LogP contribution is 2.39. The quantitative estimate of drug-likeness (QED) is 0.454. The van der Waals surface area contributed by atoms with Crippen LogP contribution >= 0.6 is 0 Å². The summed E-state index contributed by atoms with van der Waals surface area (Å²) in [6, 6.07) is 16.9. The molecule has 1 unspecified atom stereocenters. The lowest BCUT2D eigenvalue weighted by Crippen LogP contribution is -2.14. The second-order valence-corrected chi connectivity index (χ2v) is 9.15. The summed E-state index contributed by atoms with van der Waals surface area (Å²) in [5.74, 6) is 2.42. The summed E-state index contributed by atoms with van der Waals surface area (Å²) in [7, 11) is 0. The molecule has 0 aliphatic heterocycles. The molecule has 0 heteroatoms. The number of rotatable bonds is 6. The van der Waals surface area contributed by atoms with Crippen molar-refractivity contribution >= 4 is 0 Å². The molecule has 2 aromatic carbocycles. The van der Waals surface area contributed by atoms with Crippen LogP contribution in [-0.2, 0) is 19.3 Å². The number of allylic oxidation sites excluding steroid dienone is 1. The van der Waals surface area contributed by atoms with Gasteiger partial charge in [0.2, 0.25) is 0 Å². The minimum absolute atomic E-state index is 0.698. The van der Waals surface area contributed by atoms with Crippen LogP contribution in [0.4, 0.5) is 0 Å². The van der Waals surface area contributed by atoms with E-state index in [4.69, 9.17) is 0 Å². The number of fused-ring (bicyclic) bond motifs is 1. The Kier molecular flexibility index (Phi) is 6.35. The molecule has 2 aliphatic carbocycles. The average Bonchev–Trinajstić information content (AvgIpc) is 2.77. The zero-order chi connectivity index (χ0) is 19.3. The van der Waals surface area contributed by atoms with Gasteiger partial charge in [-0.25, -0.2) is 0 Å². The van der Waals surface area contributed by atoms with Crippen LogP contribution in [0.2, 0.25) is 0 Å². The first-order chi connectivity index (χ1) is 13.8. The molecule has 2 aliphatic rings. The fraction of sp³-hybridized carbons (Fsp3) is 0.500. The molecule has 0 heterocycles. The number of hydrogen-bond donors (Lipinski definition) is 0. The highest BCUT2D eigenvalue weighted by atomic mass is 14.3. The molecule has 1 saturated carbocycles. The Labute approximate surface area is 172 Å². The maximum absolute atomic E-state index is 3.87. The van der Waals surface area contributed by atoms with Crippen molar-refractivity contribution in [2.75, 3.05) is 0 Å². The lowest BCUT2D eigenvalue weighted by Gasteiger charge is -2.29. The van der Waals surface area contributed by atoms with Gasteiger partial charge < -0.3 is 0 Å². The smallest absolute Gasteiger partial charge is 0.0118 e. The van der Waals surface area contributed by atoms with Crippen LogP contribution < -0.4 is 0 Å². The van der Waals surface area contributed by atoms with E-state index >= 15 is 0 Å². The van der Waals surface area contributed by atoms with Gasteiger partial charge in [0, 0.05) is 0 Å². The lowest BCUT2D eigenvalue weighted by atomic mass is 9.76. The Morgan fingerprint density at radius 3 is 2.25 bits per heavy atom. The van der Waals surface area contributed by atoms with Crippen LogP contribution in [0.3, 0.4) is 0 Å². The van der Waals surface area contributed by atoms with E-state index in [0.29, 0.717) is 5.92 Å². The normalized spacial score (nSPS) is 24.5. The summed E-state index contributed by atoms with van der Waals surface area (Å²) < 4.78 is 0. The van der Waals surface area contributed by atoms with Gasteiger partial charge in [-0.1, -0.05) is 55.5 Å². The van der Waals surface area contributed by atoms with Crippen molar-refractivity contribution in [3.63, 3.8) is 0 Å². The van der Waals surface area contributed by atoms with E-state index in [-0.39, 0.29) is 0 Å². The fourth-order valence-corrected chi connectivity index (χ4v) is 5.49. The van der Waals surface area contributed by atoms with Crippen molar-refractivity contribution < 1.29 is 0 Å². The third-order valence-corrected chi connectivity index (χ3v) is 7.41. The van der Waals surface area contributed by atoms with Crippen molar-refractivity contribution in [3.8, 4) is 0 Å². The minimum Gasteiger partial charge on any atom is -0.103 e. The average molecular weight is 373 g/mol. The topological polar surface area (TPSA) is 0 Å². The Morgan fingerprint density at radius 2 is 1.57 bits per heavy atom. The van der Waals surface area contributed by atoms with Gasteiger partial charge in [0.1, 0.15) is 0 Å². The van der Waals surface area contributed by atoms with E-state index in [9.17, 15) is 0 Å². The molecule has 0 spiro atoms. The first kappa shape index (κ1) is 19.5. The van der Waals surface area contributed by atoms with Crippen LogP contribution in [0.1, 0.15) is 91.5 Å². The highest BCUT2D eigenvalue weighted by Gasteiger charge is 2.23. The predicted octanol–water partition coefficient (Wildman–Crippen LogP) is 7.76. The largest absolute Gasteiger partial charge is 0.103 e. The molecular weight excluding hydrogens is 336 g/mol. The molecule has 1 fully saturated rings. The Bertz CT molecular complexity index is 774. The van der Waals surface area contributed by atoms with E-state index < -0.39 is 0 Å². The molecule has 4 rings (SSSR count). The summed E-state index contributed by atoms with van der Waals surface area (Å²) >= 11 is 0. The zero-order valence-electron chi connectivity index (χ0n) is 17.6. The van der Waals surface area contributed by atoms with Crippen LogP contribution in [0.25, 0.3) is 0 Å². The van der Waals surface area contributed by atoms with Gasteiger partial charge in [-0.2, -0.15) is 0 Å². The lowest BCUT2D eigenvalue weighted by molar-refractivity contribution is 0.312. The maximum Gasteiger partial charge on any atom is -0.0118 e. The molecule has 1 atom stereocenters. The van der Waals surface area contributed by atoms with Crippen LogP contribution in [0, 0.1) is 5.92 Å². The number of aryl methyl sites for hydroxylation is 2. The van der Waals surface area contributed by atoms with Gasteiger partial charge in [-0.05, 0) is 110 Å². The van der Waals surface area contributed by atoms with Crippen LogP contribution in [-0.4, -0.2) is 0 Å². The van der Waals surface area contributed by atoms with Gasteiger partial charge in [-0.3, -0.25) is 0 Å². The Balaban J connectivity index is 1.37. The summed E-state index contributed by atoms with van der Waals surface area (Å²) in [5.41, 5.74) is 7.79. The molecule has 0 bridgehead atoms. The Hall–Kier alpha value is -1.82. The highest BCUT2D eigenvalue weighted by molar-refractivity contribution is 5.38. The van der Waals surface area contributed by atoms with Crippen LogP contribution in [0.5, 0.6) is 0 Å². The summed E-state index contributed by atoms with van der Waals surface area (Å²) in [6.07, 6.45) is 15.1. The fourth-order valence-electron chi connectivity index (χ4n) is 5.49. The van der Waals surface area contributed by atoms with Crippen molar-refractivity contribution in [1.82, 2.24) is 0 Å². The third kappa shape index (κ3) is 4.43. The summed E-state index contributed by atoms with van der Waals surface area (Å²) in [5, 5.41) is 0. The number of benzene rings is 2. The third-order valence-electron chi connectivity index (χ3n) is 7.41. The molecule has 0 amide bonds. The van der Waals surface area contributed by atoms with Crippen molar-refractivity contribution in [1.29, 1.82) is 0 Å². The van der Waals surface area contributed by atoms with Gasteiger partial charge in [0.15, 0.2) is 0 Å². The van der Waals surface area contributed by atoms with E-state index in [1.807, 2.05) is 0 Å². The molecule has 0 saturated heterocycles. The van der Waals surface area contributed by atoms with E-state index in [2.05, 4.69) is 62.0 Å². The standard InChI is InChI=1S/C28H36/c1-3-5-6-22-8-10-23(11-9-22)24-13-15-25(16-14-24)27-18-17-26-19-21(4-2)7-12-28(26)20-27/h3,7,12-16,19,22-23,27H,1,4-6,8-11,17-18,20H2,2H3. The van der Waals surface area contributed by atoms with Crippen LogP contribution in [0.15, 0.2) is 55.1 Å². The predicted molar refractivity (Wildman–Crippen MR) is 121 cm³/mol. The van der Waals surface area contributed by atoms with Crippen molar-refractivity contribution in [3.05, 3.63) is 82.9 Å². The maximum atomic E-state index is 3.87. The summed E-state index contributed by atoms with van der Waals surface area (Å²) in [4.78, 5) is 0. The van der Waals surface area contributed by atoms with Gasteiger partial charge in [-0.15, -0.1) is 6.58 Å². The van der Waals surface area contributed by atoms with E-state index in [1.165, 1.54) is 63.4 Å². The molecular formula is C28H36. The Morgan fingerprint density at radius 1 is 0.857 bits per heavy atom. The SMILES string of the molecule is C=CCCC1CCC(c2ccc(C3CCc4cc(CC)ccc4C3)cc2)CC1. The second kappa shape index (κ2) is 9.12. The van der Waals surface area contributed by atoms with Gasteiger partial charge >= 0.3 is 0 Å². The monoisotopic (exact) mass is 372 g/mol. The zero-order valence-corrected chi connectivity index (χ0v) is 17.6. The molecule has 0 N–H and O–H groups in total. The molecule has 28 heavy (non-hydrogen) atoms. The van der Waals surface area contributed by atoms with Gasteiger partial charge in [0.05, 0.1) is 0 Å². The number of hydrogen-bond acceptors (Lipinski definition) is 0. The van der Waals surface area contributed by atoms with E-state index in [0.717, 1.165) is 18.3 Å². The molecule has 0 radical (unpaired) electrons.